The summed E-state index contributed by atoms with van der Waals surface area (Å²) in [5.74, 6) is 0.863. The van der Waals surface area contributed by atoms with Gasteiger partial charge in [-0.2, -0.15) is 0 Å². The molecule has 4 N–H and O–H groups in total. The second-order valence-electron chi connectivity index (χ2n) is 9.23. The number of thiocarbonyl (C=S) groups is 1. The van der Waals surface area contributed by atoms with Crippen molar-refractivity contribution >= 4 is 72.2 Å². The molecule has 0 saturated carbocycles. The third kappa shape index (κ3) is 3.61. The molecule has 178 valence electrons. The number of nitrogens with one attached hydrogen (secondary N) is 4. The lowest BCUT2D eigenvalue weighted by atomic mass is 9.99. The van der Waals surface area contributed by atoms with Crippen LogP contribution >= 0.6 is 12.2 Å². The van der Waals surface area contributed by atoms with Gasteiger partial charge in [0, 0.05) is 44.3 Å². The van der Waals surface area contributed by atoms with Crippen LogP contribution in [0.15, 0.2) is 97.1 Å². The van der Waals surface area contributed by atoms with E-state index in [1.807, 2.05) is 36.4 Å². The molecule has 2 heterocycles. The fraction of sp³-hybridized carbons (Fsp3) is 0.0323. The van der Waals surface area contributed by atoms with Crippen LogP contribution in [0.5, 0.6) is 0 Å². The summed E-state index contributed by atoms with van der Waals surface area (Å²) in [5, 5.41) is 12.9. The Bertz CT molecular complexity index is 1970. The first-order valence-corrected chi connectivity index (χ1v) is 12.6. The minimum Gasteiger partial charge on any atom is -0.358 e. The summed E-state index contributed by atoms with van der Waals surface area (Å²) < 4.78 is 0. The highest BCUT2D eigenvalue weighted by Gasteiger charge is 2.18. The molecule has 0 aliphatic heterocycles. The Labute approximate surface area is 218 Å². The monoisotopic (exact) mass is 497 g/mol. The second-order valence-corrected chi connectivity index (χ2v) is 9.64. The Hall–Kier alpha value is -4.68. The number of H-pyrrole nitrogens is 2. The first kappa shape index (κ1) is 21.6. The summed E-state index contributed by atoms with van der Waals surface area (Å²) in [6, 6.07) is 33.1. The van der Waals surface area contributed by atoms with E-state index in [0.29, 0.717) is 5.11 Å². The van der Waals surface area contributed by atoms with Gasteiger partial charge in [-0.25, -0.2) is 4.98 Å². The Morgan fingerprint density at radius 1 is 0.676 bits per heavy atom. The highest BCUT2D eigenvalue weighted by Crippen LogP contribution is 2.38. The summed E-state index contributed by atoms with van der Waals surface area (Å²) >= 11 is 5.58. The van der Waals surface area contributed by atoms with Gasteiger partial charge in [0.25, 0.3) is 0 Å². The summed E-state index contributed by atoms with van der Waals surface area (Å²) in [4.78, 5) is 12.4. The number of aromatic nitrogens is 3. The van der Waals surface area contributed by atoms with Crippen molar-refractivity contribution in [1.82, 2.24) is 15.0 Å². The lowest BCUT2D eigenvalue weighted by Crippen LogP contribution is -2.18. The van der Waals surface area contributed by atoms with Crippen molar-refractivity contribution in [2.45, 2.75) is 6.92 Å². The maximum atomic E-state index is 5.58. The third-order valence-corrected chi connectivity index (χ3v) is 7.09. The molecule has 0 aliphatic carbocycles. The van der Waals surface area contributed by atoms with Crippen molar-refractivity contribution in [3.63, 3.8) is 0 Å². The minimum absolute atomic E-state index is 0.541. The SMILES string of the molecule is Cc1[nH]c2ccccc2c1-c1nc2c3cc(NC(=S)Nc4ccccc4)ccc3c3ccccc3c2[nH]1. The van der Waals surface area contributed by atoms with E-state index in [-0.39, 0.29) is 0 Å². The molecule has 0 amide bonds. The highest BCUT2D eigenvalue weighted by molar-refractivity contribution is 7.80. The molecule has 0 atom stereocenters. The molecule has 5 nitrogen and oxygen atoms in total. The smallest absolute Gasteiger partial charge is 0.175 e. The number of fused-ring (bicyclic) bond motifs is 7. The molecular weight excluding hydrogens is 474 g/mol. The molecule has 7 aromatic rings. The molecule has 5 aromatic carbocycles. The lowest BCUT2D eigenvalue weighted by Gasteiger charge is -2.12. The number of aryl methyl sites for hydroxylation is 1. The van der Waals surface area contributed by atoms with E-state index in [9.17, 15) is 0 Å². The normalized spacial score (nSPS) is 11.5. The quantitative estimate of drug-likeness (QED) is 0.147. The maximum Gasteiger partial charge on any atom is 0.175 e. The molecule has 37 heavy (non-hydrogen) atoms. The molecule has 0 aliphatic rings. The molecule has 0 spiro atoms. The van der Waals surface area contributed by atoms with Crippen molar-refractivity contribution in [3.05, 3.63) is 103 Å². The molecule has 6 heteroatoms. The van der Waals surface area contributed by atoms with E-state index in [0.717, 1.165) is 66.6 Å². The van der Waals surface area contributed by atoms with E-state index in [2.05, 4.69) is 88.2 Å². The van der Waals surface area contributed by atoms with Crippen molar-refractivity contribution in [2.75, 3.05) is 10.6 Å². The Morgan fingerprint density at radius 3 is 2.19 bits per heavy atom. The van der Waals surface area contributed by atoms with Gasteiger partial charge in [0.1, 0.15) is 5.82 Å². The first-order valence-electron chi connectivity index (χ1n) is 12.2. The average molecular weight is 498 g/mol. The number of hydrogen-bond acceptors (Lipinski definition) is 2. The van der Waals surface area contributed by atoms with Crippen LogP contribution in [0.4, 0.5) is 11.4 Å². The fourth-order valence-corrected chi connectivity index (χ4v) is 5.50. The van der Waals surface area contributed by atoms with E-state index in [1.165, 1.54) is 5.39 Å². The fourth-order valence-electron chi connectivity index (χ4n) is 5.27. The van der Waals surface area contributed by atoms with E-state index >= 15 is 0 Å². The van der Waals surface area contributed by atoms with Crippen molar-refractivity contribution in [3.8, 4) is 11.4 Å². The Balaban J connectivity index is 1.40. The molecular formula is C31H23N5S. The second kappa shape index (κ2) is 8.47. The number of aromatic amines is 2. The van der Waals surface area contributed by atoms with Gasteiger partial charge in [-0.05, 0) is 60.2 Å². The van der Waals surface area contributed by atoms with Gasteiger partial charge >= 0.3 is 0 Å². The van der Waals surface area contributed by atoms with Crippen LogP contribution in [0.1, 0.15) is 5.69 Å². The number of nitrogens with zero attached hydrogens (tertiary/aromatic N) is 1. The number of anilines is 2. The summed E-state index contributed by atoms with van der Waals surface area (Å²) in [6.07, 6.45) is 0. The van der Waals surface area contributed by atoms with Gasteiger partial charge in [-0.3, -0.25) is 0 Å². The minimum atomic E-state index is 0.541. The zero-order valence-electron chi connectivity index (χ0n) is 20.1. The standard InChI is InChI=1S/C31H23N5S/c1-18-27(24-13-7-8-14-26(24)32-18)30-35-28-23-12-6-5-11-21(23)22-16-15-20(17-25(22)29(28)36-30)34-31(37)33-19-9-3-2-4-10-19/h2-17,32H,1H3,(H,35,36)(H2,33,34,37). The zero-order valence-corrected chi connectivity index (χ0v) is 20.9. The van der Waals surface area contributed by atoms with Crippen LogP contribution in [0, 0.1) is 6.92 Å². The van der Waals surface area contributed by atoms with Gasteiger partial charge in [0.05, 0.1) is 11.0 Å². The van der Waals surface area contributed by atoms with Gasteiger partial charge < -0.3 is 20.6 Å². The maximum absolute atomic E-state index is 5.58. The van der Waals surface area contributed by atoms with Crippen LogP contribution in [0.2, 0.25) is 0 Å². The molecule has 0 saturated heterocycles. The van der Waals surface area contributed by atoms with Crippen molar-refractivity contribution in [1.29, 1.82) is 0 Å². The Kier molecular flexibility index (Phi) is 4.94. The molecule has 2 aromatic heterocycles. The molecule has 0 bridgehead atoms. The number of benzene rings is 5. The summed E-state index contributed by atoms with van der Waals surface area (Å²) in [5.41, 5.74) is 7.13. The van der Waals surface area contributed by atoms with Crippen LogP contribution in [0.3, 0.4) is 0 Å². The number of imidazole rings is 1. The lowest BCUT2D eigenvalue weighted by molar-refractivity contribution is 1.26. The van der Waals surface area contributed by atoms with Crippen LogP contribution in [-0.2, 0) is 0 Å². The zero-order chi connectivity index (χ0) is 24.9. The number of rotatable bonds is 3. The largest absolute Gasteiger partial charge is 0.358 e. The number of hydrogen-bond donors (Lipinski definition) is 4. The van der Waals surface area contributed by atoms with Crippen molar-refractivity contribution in [2.24, 2.45) is 0 Å². The summed E-state index contributed by atoms with van der Waals surface area (Å²) in [6.45, 7) is 2.10. The molecule has 7 rings (SSSR count). The van der Waals surface area contributed by atoms with Gasteiger partial charge in [0.15, 0.2) is 5.11 Å². The molecule has 0 unspecified atom stereocenters. The Morgan fingerprint density at radius 2 is 1.35 bits per heavy atom. The van der Waals surface area contributed by atoms with Crippen LogP contribution in [0.25, 0.3) is 54.9 Å². The van der Waals surface area contributed by atoms with Gasteiger partial charge in [-0.15, -0.1) is 0 Å². The summed E-state index contributed by atoms with van der Waals surface area (Å²) in [7, 11) is 0. The van der Waals surface area contributed by atoms with E-state index in [4.69, 9.17) is 17.2 Å². The predicted octanol–water partition coefficient (Wildman–Crippen LogP) is 8.13. The van der Waals surface area contributed by atoms with Gasteiger partial charge in [0.2, 0.25) is 0 Å². The number of para-hydroxylation sites is 2. The van der Waals surface area contributed by atoms with Crippen LogP contribution in [-0.4, -0.2) is 20.1 Å². The highest BCUT2D eigenvalue weighted by atomic mass is 32.1. The van der Waals surface area contributed by atoms with Crippen LogP contribution < -0.4 is 10.6 Å². The molecule has 0 fully saturated rings. The van der Waals surface area contributed by atoms with E-state index in [1.54, 1.807) is 0 Å². The van der Waals surface area contributed by atoms with Gasteiger partial charge in [-0.1, -0.05) is 66.7 Å². The predicted molar refractivity (Wildman–Crippen MR) is 159 cm³/mol. The topological polar surface area (TPSA) is 68.5 Å². The molecule has 0 radical (unpaired) electrons. The average Bonchev–Trinajstić information content (AvgIpc) is 3.50. The van der Waals surface area contributed by atoms with E-state index < -0.39 is 0 Å². The first-order chi connectivity index (χ1) is 18.2. The van der Waals surface area contributed by atoms with Crippen molar-refractivity contribution < 1.29 is 0 Å². The third-order valence-electron chi connectivity index (χ3n) is 6.88.